The number of phenols is 1. The van der Waals surface area contributed by atoms with Crippen LogP contribution < -0.4 is 10.1 Å². The first kappa shape index (κ1) is 10.7. The van der Waals surface area contributed by atoms with Gasteiger partial charge in [0.15, 0.2) is 0 Å². The first-order valence-corrected chi connectivity index (χ1v) is 4.43. The maximum absolute atomic E-state index is 10.9. The number of methoxy groups -OCH3 is 1. The molecule has 4 nitrogen and oxygen atoms in total. The normalized spacial score (nSPS) is 9.57. The summed E-state index contributed by atoms with van der Waals surface area (Å²) in [5.41, 5.74) is 0.287. The van der Waals surface area contributed by atoms with E-state index >= 15 is 0 Å². The lowest BCUT2D eigenvalue weighted by Crippen LogP contribution is -2.12. The van der Waals surface area contributed by atoms with Crippen LogP contribution in [0.5, 0.6) is 11.5 Å². The Labute approximate surface area is 86.4 Å². The summed E-state index contributed by atoms with van der Waals surface area (Å²) in [4.78, 5) is 10.9. The molecule has 0 unspecified atom stereocenters. The predicted octanol–water partition coefficient (Wildman–Crippen LogP) is 1.58. The maximum Gasteiger partial charge on any atom is 0.239 e. The fourth-order valence-corrected chi connectivity index (χ4v) is 0.993. The van der Waals surface area contributed by atoms with Crippen LogP contribution in [0.1, 0.15) is 0 Å². The molecule has 1 aromatic carbocycles. The largest absolute Gasteiger partial charge is 0.506 e. The molecular formula is C9H10ClNO3. The van der Waals surface area contributed by atoms with Gasteiger partial charge in [0.25, 0.3) is 0 Å². The molecule has 0 aliphatic rings. The van der Waals surface area contributed by atoms with Crippen molar-refractivity contribution < 1.29 is 14.6 Å². The molecule has 0 saturated carbocycles. The molecule has 0 aliphatic carbocycles. The van der Waals surface area contributed by atoms with Gasteiger partial charge in [-0.1, -0.05) is 0 Å². The first-order valence-electron chi connectivity index (χ1n) is 3.90. The third-order valence-electron chi connectivity index (χ3n) is 1.60. The number of benzene rings is 1. The van der Waals surface area contributed by atoms with Gasteiger partial charge >= 0.3 is 0 Å². The molecule has 0 heterocycles. The monoisotopic (exact) mass is 215 g/mol. The van der Waals surface area contributed by atoms with Crippen LogP contribution in [0, 0.1) is 0 Å². The maximum atomic E-state index is 10.9. The Morgan fingerprint density at radius 2 is 2.36 bits per heavy atom. The van der Waals surface area contributed by atoms with Gasteiger partial charge < -0.3 is 15.2 Å². The number of aromatic hydroxyl groups is 1. The molecule has 0 saturated heterocycles. The SMILES string of the molecule is COc1ccc(O)c(NC(=O)CCl)c1. The zero-order valence-electron chi connectivity index (χ0n) is 7.58. The second-order valence-corrected chi connectivity index (χ2v) is 2.83. The van der Waals surface area contributed by atoms with Gasteiger partial charge in [-0.15, -0.1) is 11.6 Å². The van der Waals surface area contributed by atoms with Gasteiger partial charge in [0.2, 0.25) is 5.91 Å². The van der Waals surface area contributed by atoms with Crippen LogP contribution in [-0.2, 0) is 4.79 Å². The van der Waals surface area contributed by atoms with Crippen molar-refractivity contribution in [2.75, 3.05) is 18.3 Å². The van der Waals surface area contributed by atoms with Crippen LogP contribution in [0.3, 0.4) is 0 Å². The molecule has 0 aliphatic heterocycles. The van der Waals surface area contributed by atoms with Gasteiger partial charge in [-0.3, -0.25) is 4.79 Å². The van der Waals surface area contributed by atoms with E-state index in [1.165, 1.54) is 19.2 Å². The van der Waals surface area contributed by atoms with E-state index in [1.807, 2.05) is 0 Å². The van der Waals surface area contributed by atoms with Crippen LogP contribution >= 0.6 is 11.6 Å². The molecule has 76 valence electrons. The number of halogens is 1. The van der Waals surface area contributed by atoms with Gasteiger partial charge in [-0.05, 0) is 12.1 Å². The Morgan fingerprint density at radius 1 is 1.64 bits per heavy atom. The molecular weight excluding hydrogens is 206 g/mol. The number of alkyl halides is 1. The molecule has 0 spiro atoms. The summed E-state index contributed by atoms with van der Waals surface area (Å²) in [7, 11) is 1.50. The van der Waals surface area contributed by atoms with Gasteiger partial charge in [0.1, 0.15) is 17.4 Å². The quantitative estimate of drug-likeness (QED) is 0.595. The molecule has 0 atom stereocenters. The Kier molecular flexibility index (Phi) is 3.59. The minimum absolute atomic E-state index is 0.0238. The van der Waals surface area contributed by atoms with Crippen molar-refractivity contribution in [3.05, 3.63) is 18.2 Å². The minimum Gasteiger partial charge on any atom is -0.506 e. The number of rotatable bonds is 3. The molecule has 0 radical (unpaired) electrons. The minimum atomic E-state index is -0.379. The zero-order valence-corrected chi connectivity index (χ0v) is 8.34. The van der Waals surface area contributed by atoms with Crippen molar-refractivity contribution in [2.45, 2.75) is 0 Å². The van der Waals surface area contributed by atoms with Gasteiger partial charge in [0, 0.05) is 6.07 Å². The van der Waals surface area contributed by atoms with E-state index in [0.29, 0.717) is 5.75 Å². The lowest BCUT2D eigenvalue weighted by molar-refractivity contribution is -0.113. The Bertz CT molecular complexity index is 341. The number of anilines is 1. The summed E-state index contributed by atoms with van der Waals surface area (Å²) >= 11 is 5.30. The van der Waals surface area contributed by atoms with Crippen LogP contribution in [0.15, 0.2) is 18.2 Å². The smallest absolute Gasteiger partial charge is 0.239 e. The van der Waals surface area contributed by atoms with Crippen molar-refractivity contribution in [1.82, 2.24) is 0 Å². The Hall–Kier alpha value is -1.42. The van der Waals surface area contributed by atoms with E-state index in [4.69, 9.17) is 16.3 Å². The molecule has 14 heavy (non-hydrogen) atoms. The zero-order chi connectivity index (χ0) is 10.6. The lowest BCUT2D eigenvalue weighted by Gasteiger charge is -2.07. The third kappa shape index (κ3) is 2.53. The molecule has 1 rings (SSSR count). The number of phenolic OH excluding ortho intramolecular Hbond substituents is 1. The van der Waals surface area contributed by atoms with E-state index in [1.54, 1.807) is 6.07 Å². The van der Waals surface area contributed by atoms with E-state index in [0.717, 1.165) is 0 Å². The number of amides is 1. The summed E-state index contributed by atoms with van der Waals surface area (Å²) in [5.74, 6) is -0.0106. The Morgan fingerprint density at radius 3 is 2.93 bits per heavy atom. The van der Waals surface area contributed by atoms with Crippen LogP contribution in [0.4, 0.5) is 5.69 Å². The van der Waals surface area contributed by atoms with Crippen LogP contribution in [0.2, 0.25) is 0 Å². The average Bonchev–Trinajstić information content (AvgIpc) is 2.21. The standard InChI is InChI=1S/C9H10ClNO3/c1-14-6-2-3-8(12)7(4-6)11-9(13)5-10/h2-4,12H,5H2,1H3,(H,11,13). The van der Waals surface area contributed by atoms with Crippen molar-refractivity contribution >= 4 is 23.2 Å². The predicted molar refractivity (Wildman–Crippen MR) is 54.0 cm³/mol. The number of hydrogen-bond acceptors (Lipinski definition) is 3. The number of carbonyl (C=O) groups is 1. The van der Waals surface area contributed by atoms with E-state index < -0.39 is 0 Å². The van der Waals surface area contributed by atoms with Crippen molar-refractivity contribution in [1.29, 1.82) is 0 Å². The summed E-state index contributed by atoms with van der Waals surface area (Å²) in [5, 5.41) is 11.8. The second-order valence-electron chi connectivity index (χ2n) is 2.56. The fourth-order valence-electron chi connectivity index (χ4n) is 0.926. The summed E-state index contributed by atoms with van der Waals surface area (Å²) in [6.45, 7) is 0. The highest BCUT2D eigenvalue weighted by molar-refractivity contribution is 6.29. The number of nitrogens with one attached hydrogen (secondary N) is 1. The van der Waals surface area contributed by atoms with Gasteiger partial charge in [-0.25, -0.2) is 0 Å². The first-order chi connectivity index (χ1) is 6.67. The molecule has 5 heteroatoms. The topological polar surface area (TPSA) is 58.6 Å². The number of carbonyl (C=O) groups excluding carboxylic acids is 1. The third-order valence-corrected chi connectivity index (χ3v) is 1.84. The highest BCUT2D eigenvalue weighted by Crippen LogP contribution is 2.27. The molecule has 0 fully saturated rings. The molecule has 0 aromatic heterocycles. The van der Waals surface area contributed by atoms with Crippen molar-refractivity contribution in [2.24, 2.45) is 0 Å². The number of hydrogen-bond donors (Lipinski definition) is 2. The van der Waals surface area contributed by atoms with Crippen molar-refractivity contribution in [3.63, 3.8) is 0 Å². The Balaban J connectivity index is 2.89. The van der Waals surface area contributed by atoms with E-state index in [9.17, 15) is 9.90 Å². The van der Waals surface area contributed by atoms with Gasteiger partial charge in [-0.2, -0.15) is 0 Å². The molecule has 0 bridgehead atoms. The summed E-state index contributed by atoms with van der Waals surface area (Å²) in [6.07, 6.45) is 0. The molecule has 2 N–H and O–H groups in total. The van der Waals surface area contributed by atoms with Crippen LogP contribution in [-0.4, -0.2) is 24.0 Å². The molecule has 1 aromatic rings. The average molecular weight is 216 g/mol. The highest BCUT2D eigenvalue weighted by Gasteiger charge is 2.06. The summed E-state index contributed by atoms with van der Waals surface area (Å²) < 4.78 is 4.93. The highest BCUT2D eigenvalue weighted by atomic mass is 35.5. The van der Waals surface area contributed by atoms with E-state index in [-0.39, 0.29) is 23.2 Å². The fraction of sp³-hybridized carbons (Fsp3) is 0.222. The van der Waals surface area contributed by atoms with Crippen molar-refractivity contribution in [3.8, 4) is 11.5 Å². The van der Waals surface area contributed by atoms with E-state index in [2.05, 4.69) is 5.32 Å². The lowest BCUT2D eigenvalue weighted by atomic mass is 10.2. The number of ether oxygens (including phenoxy) is 1. The van der Waals surface area contributed by atoms with Gasteiger partial charge in [0.05, 0.1) is 12.8 Å². The van der Waals surface area contributed by atoms with Crippen LogP contribution in [0.25, 0.3) is 0 Å². The molecule has 1 amide bonds. The summed E-state index contributed by atoms with van der Waals surface area (Å²) in [6, 6.07) is 4.54. The second kappa shape index (κ2) is 4.72.